The fourth-order valence-corrected chi connectivity index (χ4v) is 2.84. The van der Waals surface area contributed by atoms with E-state index in [4.69, 9.17) is 10.2 Å². The third-order valence-corrected chi connectivity index (χ3v) is 3.92. The van der Waals surface area contributed by atoms with Crippen LogP contribution in [0.25, 0.3) is 10.8 Å². The summed E-state index contributed by atoms with van der Waals surface area (Å²) in [5.74, 6) is 0.955. The van der Waals surface area contributed by atoms with Gasteiger partial charge in [-0.2, -0.15) is 0 Å². The highest BCUT2D eigenvalue weighted by Gasteiger charge is 2.18. The molecule has 21 heavy (non-hydrogen) atoms. The monoisotopic (exact) mass is 280 g/mol. The first-order valence-corrected chi connectivity index (χ1v) is 7.20. The van der Waals surface area contributed by atoms with Crippen LogP contribution in [0.1, 0.15) is 17.4 Å². The van der Waals surface area contributed by atoms with Gasteiger partial charge in [0.1, 0.15) is 5.76 Å². The number of furan rings is 1. The molecule has 3 rings (SSSR count). The number of hydrogen-bond acceptors (Lipinski definition) is 3. The molecule has 0 saturated heterocycles. The van der Waals surface area contributed by atoms with Crippen molar-refractivity contribution in [3.8, 4) is 0 Å². The highest BCUT2D eigenvalue weighted by Crippen LogP contribution is 2.28. The zero-order valence-corrected chi connectivity index (χ0v) is 12.2. The largest absolute Gasteiger partial charge is 0.468 e. The van der Waals surface area contributed by atoms with E-state index in [0.717, 1.165) is 12.3 Å². The second-order valence-electron chi connectivity index (χ2n) is 5.31. The van der Waals surface area contributed by atoms with Gasteiger partial charge in [-0.3, -0.25) is 4.90 Å². The molecule has 2 aromatic carbocycles. The van der Waals surface area contributed by atoms with Crippen molar-refractivity contribution in [2.75, 3.05) is 13.6 Å². The predicted octanol–water partition coefficient (Wildman–Crippen LogP) is 3.56. The van der Waals surface area contributed by atoms with E-state index in [1.165, 1.54) is 16.3 Å². The van der Waals surface area contributed by atoms with Crippen molar-refractivity contribution in [2.24, 2.45) is 5.73 Å². The summed E-state index contributed by atoms with van der Waals surface area (Å²) in [6.07, 6.45) is 1.71. The van der Waals surface area contributed by atoms with Gasteiger partial charge in [-0.15, -0.1) is 0 Å². The molecule has 0 aliphatic carbocycles. The SMILES string of the molecule is CN(Cc1ccco1)C(CN)c1cccc2ccccc12. The van der Waals surface area contributed by atoms with Crippen molar-refractivity contribution >= 4 is 10.8 Å². The summed E-state index contributed by atoms with van der Waals surface area (Å²) < 4.78 is 5.44. The van der Waals surface area contributed by atoms with E-state index in [9.17, 15) is 0 Å². The standard InChI is InChI=1S/C18H20N2O/c1-20(13-15-8-5-11-21-15)18(12-19)17-10-4-7-14-6-2-3-9-16(14)17/h2-11,18H,12-13,19H2,1H3. The topological polar surface area (TPSA) is 42.4 Å². The zero-order valence-electron chi connectivity index (χ0n) is 12.2. The molecular weight excluding hydrogens is 260 g/mol. The summed E-state index contributed by atoms with van der Waals surface area (Å²) in [6.45, 7) is 1.32. The minimum absolute atomic E-state index is 0.168. The molecule has 3 aromatic rings. The maximum Gasteiger partial charge on any atom is 0.117 e. The molecular formula is C18H20N2O. The van der Waals surface area contributed by atoms with Crippen LogP contribution in [0, 0.1) is 0 Å². The number of hydrogen-bond donors (Lipinski definition) is 1. The zero-order chi connectivity index (χ0) is 14.7. The minimum atomic E-state index is 0.168. The van der Waals surface area contributed by atoms with Crippen molar-refractivity contribution in [1.29, 1.82) is 0 Å². The molecule has 0 spiro atoms. The smallest absolute Gasteiger partial charge is 0.117 e. The van der Waals surface area contributed by atoms with E-state index in [1.807, 2.05) is 12.1 Å². The average molecular weight is 280 g/mol. The molecule has 108 valence electrons. The highest BCUT2D eigenvalue weighted by atomic mass is 16.3. The third-order valence-electron chi connectivity index (χ3n) is 3.92. The molecule has 1 aromatic heterocycles. The van der Waals surface area contributed by atoms with Crippen molar-refractivity contribution in [3.63, 3.8) is 0 Å². The Bertz CT molecular complexity index is 701. The molecule has 1 heterocycles. The van der Waals surface area contributed by atoms with Crippen LogP contribution in [0.3, 0.4) is 0 Å². The van der Waals surface area contributed by atoms with Crippen LogP contribution >= 0.6 is 0 Å². The Balaban J connectivity index is 1.94. The second kappa shape index (κ2) is 6.12. The first kappa shape index (κ1) is 13.9. The number of nitrogens with two attached hydrogens (primary N) is 1. The van der Waals surface area contributed by atoms with Gasteiger partial charge in [0.15, 0.2) is 0 Å². The lowest BCUT2D eigenvalue weighted by Gasteiger charge is -2.27. The lowest BCUT2D eigenvalue weighted by Crippen LogP contribution is -2.30. The number of likely N-dealkylation sites (N-methyl/N-ethyl adjacent to an activating group) is 1. The molecule has 0 bridgehead atoms. The van der Waals surface area contributed by atoms with Crippen LogP contribution in [0.15, 0.2) is 65.3 Å². The summed E-state index contributed by atoms with van der Waals surface area (Å²) in [7, 11) is 2.09. The first-order chi connectivity index (χ1) is 10.3. The van der Waals surface area contributed by atoms with Gasteiger partial charge in [-0.25, -0.2) is 0 Å². The Morgan fingerprint density at radius 3 is 2.62 bits per heavy atom. The minimum Gasteiger partial charge on any atom is -0.468 e. The Kier molecular flexibility index (Phi) is 4.04. The van der Waals surface area contributed by atoms with E-state index < -0.39 is 0 Å². The molecule has 1 unspecified atom stereocenters. The Morgan fingerprint density at radius 1 is 1.05 bits per heavy atom. The Morgan fingerprint density at radius 2 is 1.86 bits per heavy atom. The van der Waals surface area contributed by atoms with Gasteiger partial charge >= 0.3 is 0 Å². The molecule has 0 radical (unpaired) electrons. The normalized spacial score (nSPS) is 12.9. The van der Waals surface area contributed by atoms with Crippen molar-refractivity contribution < 1.29 is 4.42 Å². The summed E-state index contributed by atoms with van der Waals surface area (Å²) in [4.78, 5) is 2.24. The predicted molar refractivity (Wildman–Crippen MR) is 85.9 cm³/mol. The Hall–Kier alpha value is -2.10. The van der Waals surface area contributed by atoms with E-state index in [2.05, 4.69) is 54.4 Å². The van der Waals surface area contributed by atoms with Crippen molar-refractivity contribution in [2.45, 2.75) is 12.6 Å². The van der Waals surface area contributed by atoms with Gasteiger partial charge in [0.25, 0.3) is 0 Å². The van der Waals surface area contributed by atoms with Crippen LogP contribution < -0.4 is 5.73 Å². The molecule has 3 heteroatoms. The molecule has 0 saturated carbocycles. The molecule has 0 fully saturated rings. The second-order valence-corrected chi connectivity index (χ2v) is 5.31. The van der Waals surface area contributed by atoms with Gasteiger partial charge in [0.2, 0.25) is 0 Å². The van der Waals surface area contributed by atoms with E-state index >= 15 is 0 Å². The third kappa shape index (κ3) is 2.84. The van der Waals surface area contributed by atoms with Gasteiger partial charge in [-0.05, 0) is 35.5 Å². The van der Waals surface area contributed by atoms with Crippen molar-refractivity contribution in [3.05, 3.63) is 72.2 Å². The number of fused-ring (bicyclic) bond motifs is 1. The van der Waals surface area contributed by atoms with Crippen LogP contribution in [-0.4, -0.2) is 18.5 Å². The number of rotatable bonds is 5. The maximum atomic E-state index is 6.05. The van der Waals surface area contributed by atoms with Gasteiger partial charge in [0, 0.05) is 12.6 Å². The van der Waals surface area contributed by atoms with Crippen molar-refractivity contribution in [1.82, 2.24) is 4.90 Å². The number of benzene rings is 2. The fourth-order valence-electron chi connectivity index (χ4n) is 2.84. The van der Waals surface area contributed by atoms with E-state index in [-0.39, 0.29) is 6.04 Å². The molecule has 0 amide bonds. The summed E-state index contributed by atoms with van der Waals surface area (Å²) in [5.41, 5.74) is 7.32. The highest BCUT2D eigenvalue weighted by molar-refractivity contribution is 5.86. The molecule has 3 nitrogen and oxygen atoms in total. The lowest BCUT2D eigenvalue weighted by atomic mass is 9.98. The van der Waals surface area contributed by atoms with Crippen LogP contribution in [-0.2, 0) is 6.54 Å². The quantitative estimate of drug-likeness (QED) is 0.777. The number of nitrogens with zero attached hydrogens (tertiary/aromatic N) is 1. The first-order valence-electron chi connectivity index (χ1n) is 7.20. The summed E-state index contributed by atoms with van der Waals surface area (Å²) in [6, 6.07) is 18.9. The molecule has 0 aliphatic rings. The van der Waals surface area contributed by atoms with Gasteiger partial charge in [0.05, 0.1) is 12.8 Å². The summed E-state index contributed by atoms with van der Waals surface area (Å²) in [5, 5.41) is 2.52. The van der Waals surface area contributed by atoms with Gasteiger partial charge in [-0.1, -0.05) is 42.5 Å². The molecule has 2 N–H and O–H groups in total. The molecule has 1 atom stereocenters. The maximum absolute atomic E-state index is 6.05. The molecule has 0 aliphatic heterocycles. The van der Waals surface area contributed by atoms with Gasteiger partial charge < -0.3 is 10.2 Å². The lowest BCUT2D eigenvalue weighted by molar-refractivity contribution is 0.224. The van der Waals surface area contributed by atoms with Crippen LogP contribution in [0.2, 0.25) is 0 Å². The Labute approximate surface area is 125 Å². The summed E-state index contributed by atoms with van der Waals surface area (Å²) >= 11 is 0. The van der Waals surface area contributed by atoms with Crippen LogP contribution in [0.4, 0.5) is 0 Å². The fraction of sp³-hybridized carbons (Fsp3) is 0.222. The van der Waals surface area contributed by atoms with E-state index in [1.54, 1.807) is 6.26 Å². The average Bonchev–Trinajstić information content (AvgIpc) is 3.01. The van der Waals surface area contributed by atoms with Crippen LogP contribution in [0.5, 0.6) is 0 Å². The van der Waals surface area contributed by atoms with E-state index in [0.29, 0.717) is 6.54 Å².